The lowest BCUT2D eigenvalue weighted by Crippen LogP contribution is -2.44. The number of carbonyl (C=O) groups excluding carboxylic acids is 1. The van der Waals surface area contributed by atoms with Crippen molar-refractivity contribution in [3.8, 4) is 0 Å². The molecule has 0 aliphatic carbocycles. The molecule has 0 saturated carbocycles. The summed E-state index contributed by atoms with van der Waals surface area (Å²) in [7, 11) is 0. The molecule has 1 aliphatic heterocycles. The molecule has 1 fully saturated rings. The first-order chi connectivity index (χ1) is 10.3. The number of carboxylic acid groups (broad SMARTS) is 1. The van der Waals surface area contributed by atoms with Gasteiger partial charge >= 0.3 is 12.1 Å². The first-order valence-corrected chi connectivity index (χ1v) is 7.22. The number of hydrogen-bond donors (Lipinski definition) is 1. The molecule has 1 aliphatic rings. The third kappa shape index (κ3) is 3.55. The maximum Gasteiger partial charge on any atom is 0.407 e. The van der Waals surface area contributed by atoms with Gasteiger partial charge in [0.1, 0.15) is 11.9 Å². The van der Waals surface area contributed by atoms with E-state index in [1.165, 1.54) is 24.0 Å². The number of hydrogen-bond acceptors (Lipinski definition) is 3. The minimum atomic E-state index is -0.937. The molecule has 1 N–H and O–H groups in total. The second kappa shape index (κ2) is 6.34. The summed E-state index contributed by atoms with van der Waals surface area (Å²) in [6.45, 7) is 4.10. The van der Waals surface area contributed by atoms with Gasteiger partial charge in [0.25, 0.3) is 0 Å². The topological polar surface area (TPSA) is 66.8 Å². The molecule has 1 heterocycles. The number of benzene rings is 1. The quantitative estimate of drug-likeness (QED) is 0.871. The van der Waals surface area contributed by atoms with E-state index in [1.54, 1.807) is 12.1 Å². The van der Waals surface area contributed by atoms with Crippen LogP contribution in [-0.4, -0.2) is 35.2 Å². The van der Waals surface area contributed by atoms with Crippen LogP contribution >= 0.6 is 0 Å². The average molecular weight is 309 g/mol. The zero-order chi connectivity index (χ0) is 16.3. The Bertz CT molecular complexity index is 550. The van der Waals surface area contributed by atoms with Crippen molar-refractivity contribution in [2.75, 3.05) is 13.1 Å². The van der Waals surface area contributed by atoms with E-state index in [1.807, 2.05) is 6.92 Å². The highest BCUT2D eigenvalue weighted by Gasteiger charge is 2.41. The van der Waals surface area contributed by atoms with Crippen LogP contribution in [-0.2, 0) is 9.53 Å². The van der Waals surface area contributed by atoms with Crippen molar-refractivity contribution >= 4 is 12.1 Å². The van der Waals surface area contributed by atoms with E-state index in [4.69, 9.17) is 9.84 Å². The van der Waals surface area contributed by atoms with Crippen LogP contribution in [0.5, 0.6) is 0 Å². The van der Waals surface area contributed by atoms with Gasteiger partial charge in [0.05, 0.1) is 0 Å². The van der Waals surface area contributed by atoms with E-state index in [0.29, 0.717) is 25.9 Å². The zero-order valence-corrected chi connectivity index (χ0v) is 12.7. The second-order valence-corrected chi connectivity index (χ2v) is 5.96. The molecule has 1 atom stereocenters. The van der Waals surface area contributed by atoms with E-state index in [-0.39, 0.29) is 11.2 Å². The largest absolute Gasteiger partial charge is 0.465 e. The third-order valence-electron chi connectivity index (χ3n) is 4.27. The summed E-state index contributed by atoms with van der Waals surface area (Å²) in [4.78, 5) is 23.8. The molecule has 5 nitrogen and oxygen atoms in total. The van der Waals surface area contributed by atoms with Crippen molar-refractivity contribution in [3.05, 3.63) is 35.6 Å². The van der Waals surface area contributed by atoms with Gasteiger partial charge in [-0.05, 0) is 30.5 Å². The van der Waals surface area contributed by atoms with E-state index in [2.05, 4.69) is 0 Å². The number of piperidine rings is 1. The SMILES string of the molecule is CC(=O)OC(c1ccc(F)cc1)C1(C)CCN(C(=O)O)CC1. The summed E-state index contributed by atoms with van der Waals surface area (Å²) < 4.78 is 18.6. The van der Waals surface area contributed by atoms with Crippen molar-refractivity contribution in [2.45, 2.75) is 32.8 Å². The Kier molecular flexibility index (Phi) is 4.68. The molecule has 2 rings (SSSR count). The molecule has 1 amide bonds. The summed E-state index contributed by atoms with van der Waals surface area (Å²) in [5, 5.41) is 9.04. The number of likely N-dealkylation sites (tertiary alicyclic amines) is 1. The molecule has 22 heavy (non-hydrogen) atoms. The summed E-state index contributed by atoms with van der Waals surface area (Å²) in [5.74, 6) is -0.757. The Labute approximate surface area is 128 Å². The Morgan fingerprint density at radius 1 is 1.27 bits per heavy atom. The molecule has 1 saturated heterocycles. The van der Waals surface area contributed by atoms with Crippen LogP contribution in [0.1, 0.15) is 38.4 Å². The highest BCUT2D eigenvalue weighted by atomic mass is 19.1. The Morgan fingerprint density at radius 3 is 2.27 bits per heavy atom. The van der Waals surface area contributed by atoms with Crippen molar-refractivity contribution in [1.82, 2.24) is 4.90 Å². The van der Waals surface area contributed by atoms with Gasteiger partial charge in [-0.25, -0.2) is 9.18 Å². The summed E-state index contributed by atoms with van der Waals surface area (Å²) in [5.41, 5.74) is 0.345. The number of nitrogens with zero attached hydrogens (tertiary/aromatic N) is 1. The minimum Gasteiger partial charge on any atom is -0.465 e. The summed E-state index contributed by atoms with van der Waals surface area (Å²) in [6.07, 6.45) is -0.294. The fraction of sp³-hybridized carbons (Fsp3) is 0.500. The van der Waals surface area contributed by atoms with E-state index >= 15 is 0 Å². The first-order valence-electron chi connectivity index (χ1n) is 7.22. The lowest BCUT2D eigenvalue weighted by molar-refractivity contribution is -0.156. The van der Waals surface area contributed by atoms with Crippen LogP contribution in [0.4, 0.5) is 9.18 Å². The van der Waals surface area contributed by atoms with Gasteiger partial charge in [-0.15, -0.1) is 0 Å². The van der Waals surface area contributed by atoms with Gasteiger partial charge in [-0.1, -0.05) is 19.1 Å². The first kappa shape index (κ1) is 16.3. The van der Waals surface area contributed by atoms with Crippen LogP contribution in [0.3, 0.4) is 0 Å². The molecule has 0 aromatic heterocycles. The highest BCUT2D eigenvalue weighted by molar-refractivity contribution is 5.66. The second-order valence-electron chi connectivity index (χ2n) is 5.96. The Morgan fingerprint density at radius 2 is 1.82 bits per heavy atom. The Hall–Kier alpha value is -2.11. The van der Waals surface area contributed by atoms with Crippen LogP contribution in [0.2, 0.25) is 0 Å². The normalized spacial score (nSPS) is 18.6. The van der Waals surface area contributed by atoms with E-state index in [0.717, 1.165) is 5.56 Å². The van der Waals surface area contributed by atoms with Crippen LogP contribution in [0, 0.1) is 11.2 Å². The van der Waals surface area contributed by atoms with Crippen molar-refractivity contribution in [2.24, 2.45) is 5.41 Å². The molecule has 1 aromatic rings. The maximum atomic E-state index is 13.1. The zero-order valence-electron chi connectivity index (χ0n) is 12.7. The monoisotopic (exact) mass is 309 g/mol. The highest BCUT2D eigenvalue weighted by Crippen LogP contribution is 2.45. The number of carbonyl (C=O) groups is 2. The number of amides is 1. The predicted octanol–water partition coefficient (Wildman–Crippen LogP) is 3.21. The number of halogens is 1. The van der Waals surface area contributed by atoms with E-state index in [9.17, 15) is 14.0 Å². The molecular formula is C16H20FNO4. The molecule has 0 spiro atoms. The molecule has 0 radical (unpaired) electrons. The fourth-order valence-electron chi connectivity index (χ4n) is 2.89. The lowest BCUT2D eigenvalue weighted by Gasteiger charge is -2.43. The van der Waals surface area contributed by atoms with Gasteiger partial charge < -0.3 is 14.7 Å². The van der Waals surface area contributed by atoms with Crippen molar-refractivity contribution in [1.29, 1.82) is 0 Å². The van der Waals surface area contributed by atoms with Crippen LogP contribution in [0.25, 0.3) is 0 Å². The molecule has 1 aromatic carbocycles. The number of rotatable bonds is 3. The summed E-state index contributed by atoms with van der Waals surface area (Å²) in [6, 6.07) is 5.89. The van der Waals surface area contributed by atoms with Crippen LogP contribution in [0.15, 0.2) is 24.3 Å². The molecular weight excluding hydrogens is 289 g/mol. The van der Waals surface area contributed by atoms with Crippen molar-refractivity contribution < 1.29 is 23.8 Å². The van der Waals surface area contributed by atoms with Gasteiger partial charge in [-0.3, -0.25) is 4.79 Å². The van der Waals surface area contributed by atoms with Gasteiger partial charge in [0.2, 0.25) is 0 Å². The van der Waals surface area contributed by atoms with Crippen LogP contribution < -0.4 is 0 Å². The van der Waals surface area contributed by atoms with Gasteiger partial charge in [-0.2, -0.15) is 0 Å². The van der Waals surface area contributed by atoms with Gasteiger partial charge in [0.15, 0.2) is 0 Å². The summed E-state index contributed by atoms with van der Waals surface area (Å²) >= 11 is 0. The predicted molar refractivity (Wildman–Crippen MR) is 77.8 cm³/mol. The smallest absolute Gasteiger partial charge is 0.407 e. The molecule has 120 valence electrons. The number of esters is 1. The molecule has 6 heteroatoms. The average Bonchev–Trinajstić information content (AvgIpc) is 2.46. The molecule has 1 unspecified atom stereocenters. The Balaban J connectivity index is 2.23. The maximum absolute atomic E-state index is 13.1. The lowest BCUT2D eigenvalue weighted by atomic mass is 9.73. The molecule has 0 bridgehead atoms. The fourth-order valence-corrected chi connectivity index (χ4v) is 2.89. The number of ether oxygens (including phenoxy) is 1. The standard InChI is InChI=1S/C16H20FNO4/c1-11(19)22-14(12-3-5-13(17)6-4-12)16(2)7-9-18(10-8-16)15(20)21/h3-6,14H,7-10H2,1-2H3,(H,20,21). The van der Waals surface area contributed by atoms with Gasteiger partial charge in [0, 0.05) is 25.4 Å². The van der Waals surface area contributed by atoms with Crippen molar-refractivity contribution in [3.63, 3.8) is 0 Å². The minimum absolute atomic E-state index is 0.351. The third-order valence-corrected chi connectivity index (χ3v) is 4.27. The van der Waals surface area contributed by atoms with E-state index < -0.39 is 18.2 Å².